The molecule has 1 N–H and O–H groups in total. The number of unbranched alkanes of at least 4 members (excludes halogenated alkanes) is 1. The predicted molar refractivity (Wildman–Crippen MR) is 75.5 cm³/mol. The van der Waals surface area contributed by atoms with Gasteiger partial charge >= 0.3 is 0 Å². The number of aryl methyl sites for hydroxylation is 1. The summed E-state index contributed by atoms with van der Waals surface area (Å²) < 4.78 is 25.1. The van der Waals surface area contributed by atoms with Crippen molar-refractivity contribution in [3.8, 4) is 0 Å². The van der Waals surface area contributed by atoms with E-state index >= 15 is 0 Å². The topological polar surface area (TPSA) is 58.5 Å². The van der Waals surface area contributed by atoms with Crippen LogP contribution in [0, 0.1) is 6.92 Å². The standard InChI is InChI=1S/C13H20N2O2S/c1-4-5-10-14-13(15-18(3,16)17)12-8-6-11(2)7-9-12/h6-9H,4-5,10H2,1-3H3,(H,14,15). The zero-order valence-corrected chi connectivity index (χ0v) is 11.9. The summed E-state index contributed by atoms with van der Waals surface area (Å²) in [5.74, 6) is 0.422. The highest BCUT2D eigenvalue weighted by Gasteiger charge is 2.08. The van der Waals surface area contributed by atoms with E-state index in [1.54, 1.807) is 0 Å². The van der Waals surface area contributed by atoms with E-state index in [2.05, 4.69) is 16.6 Å². The summed E-state index contributed by atoms with van der Waals surface area (Å²) in [5, 5.41) is 0. The van der Waals surface area contributed by atoms with Crippen molar-refractivity contribution in [1.29, 1.82) is 0 Å². The molecule has 0 saturated heterocycles. The van der Waals surface area contributed by atoms with E-state index in [0.717, 1.165) is 30.2 Å². The summed E-state index contributed by atoms with van der Waals surface area (Å²) in [5.41, 5.74) is 1.92. The van der Waals surface area contributed by atoms with Gasteiger partial charge in [0.05, 0.1) is 6.26 Å². The van der Waals surface area contributed by atoms with Crippen LogP contribution < -0.4 is 4.72 Å². The third kappa shape index (κ3) is 5.31. The Hall–Kier alpha value is -1.36. The Labute approximate surface area is 109 Å². The first-order valence-corrected chi connectivity index (χ1v) is 7.91. The fraction of sp³-hybridized carbons (Fsp3) is 0.462. The monoisotopic (exact) mass is 268 g/mol. The zero-order valence-electron chi connectivity index (χ0n) is 11.1. The van der Waals surface area contributed by atoms with Crippen molar-refractivity contribution >= 4 is 15.9 Å². The lowest BCUT2D eigenvalue weighted by Crippen LogP contribution is -2.30. The van der Waals surface area contributed by atoms with E-state index in [9.17, 15) is 8.42 Å². The van der Waals surface area contributed by atoms with Crippen molar-refractivity contribution in [2.45, 2.75) is 26.7 Å². The number of sulfonamides is 1. The number of benzene rings is 1. The van der Waals surface area contributed by atoms with Crippen LogP contribution in [0.15, 0.2) is 29.3 Å². The van der Waals surface area contributed by atoms with Gasteiger partial charge in [0.25, 0.3) is 0 Å². The largest absolute Gasteiger partial charge is 0.267 e. The maximum Gasteiger partial charge on any atom is 0.230 e. The van der Waals surface area contributed by atoms with Gasteiger partial charge in [-0.25, -0.2) is 8.42 Å². The predicted octanol–water partition coefficient (Wildman–Crippen LogP) is 2.09. The van der Waals surface area contributed by atoms with Crippen molar-refractivity contribution in [1.82, 2.24) is 4.72 Å². The molecule has 1 rings (SSSR count). The maximum absolute atomic E-state index is 11.3. The van der Waals surface area contributed by atoms with Gasteiger partial charge < -0.3 is 0 Å². The van der Waals surface area contributed by atoms with Crippen molar-refractivity contribution in [3.05, 3.63) is 35.4 Å². The van der Waals surface area contributed by atoms with Gasteiger partial charge in [0.15, 0.2) is 0 Å². The molecule has 0 unspecified atom stereocenters. The molecule has 0 fully saturated rings. The molecule has 0 aliphatic carbocycles. The van der Waals surface area contributed by atoms with E-state index in [0.29, 0.717) is 12.4 Å². The maximum atomic E-state index is 11.3. The van der Waals surface area contributed by atoms with Gasteiger partial charge in [-0.05, 0) is 13.3 Å². The fourth-order valence-corrected chi connectivity index (χ4v) is 1.95. The second kappa shape index (κ2) is 6.54. The van der Waals surface area contributed by atoms with Crippen molar-refractivity contribution in [2.75, 3.05) is 12.8 Å². The van der Waals surface area contributed by atoms with E-state index in [4.69, 9.17) is 0 Å². The molecule has 0 atom stereocenters. The van der Waals surface area contributed by atoms with Gasteiger partial charge in [-0.1, -0.05) is 43.2 Å². The smallest absolute Gasteiger partial charge is 0.230 e. The van der Waals surface area contributed by atoms with Crippen LogP contribution in [0.3, 0.4) is 0 Å². The fourth-order valence-electron chi connectivity index (χ4n) is 1.42. The molecule has 0 amide bonds. The van der Waals surface area contributed by atoms with Crippen LogP contribution in [0.2, 0.25) is 0 Å². The molecule has 4 nitrogen and oxygen atoms in total. The lowest BCUT2D eigenvalue weighted by molar-refractivity contribution is 0.598. The van der Waals surface area contributed by atoms with Crippen LogP contribution >= 0.6 is 0 Å². The summed E-state index contributed by atoms with van der Waals surface area (Å²) in [6.45, 7) is 4.69. The van der Waals surface area contributed by atoms with Crippen molar-refractivity contribution in [2.24, 2.45) is 4.99 Å². The van der Waals surface area contributed by atoms with Crippen molar-refractivity contribution in [3.63, 3.8) is 0 Å². The minimum Gasteiger partial charge on any atom is -0.267 e. The Kier molecular flexibility index (Phi) is 5.34. The molecular formula is C13H20N2O2S. The molecule has 5 heteroatoms. The zero-order chi connectivity index (χ0) is 13.6. The van der Waals surface area contributed by atoms with Gasteiger partial charge in [0.2, 0.25) is 10.0 Å². The Morgan fingerprint density at radius 2 is 1.89 bits per heavy atom. The summed E-state index contributed by atoms with van der Waals surface area (Å²) in [7, 11) is -3.30. The Morgan fingerprint density at radius 1 is 1.28 bits per heavy atom. The molecule has 0 heterocycles. The van der Waals surface area contributed by atoms with Crippen LogP contribution in [-0.4, -0.2) is 27.1 Å². The molecule has 18 heavy (non-hydrogen) atoms. The molecule has 0 bridgehead atoms. The Balaban J connectivity index is 2.96. The number of nitrogens with one attached hydrogen (secondary N) is 1. The van der Waals surface area contributed by atoms with Gasteiger partial charge in [0.1, 0.15) is 5.84 Å². The molecule has 1 aromatic rings. The first-order chi connectivity index (χ1) is 8.42. The van der Waals surface area contributed by atoms with E-state index in [-0.39, 0.29) is 0 Å². The SMILES string of the molecule is CCCCN=C(NS(C)(=O)=O)c1ccc(C)cc1. The number of aliphatic imine (C=N–C) groups is 1. The highest BCUT2D eigenvalue weighted by Crippen LogP contribution is 2.05. The number of hydrogen-bond donors (Lipinski definition) is 1. The van der Waals surface area contributed by atoms with Gasteiger partial charge in [0, 0.05) is 12.1 Å². The molecule has 1 aromatic carbocycles. The molecule has 0 radical (unpaired) electrons. The van der Waals surface area contributed by atoms with E-state index in [1.807, 2.05) is 31.2 Å². The summed E-state index contributed by atoms with van der Waals surface area (Å²) in [6, 6.07) is 7.62. The second-order valence-electron chi connectivity index (χ2n) is 4.32. The van der Waals surface area contributed by atoms with Gasteiger partial charge in [-0.3, -0.25) is 9.71 Å². The summed E-state index contributed by atoms with van der Waals surface area (Å²) in [4.78, 5) is 4.33. The van der Waals surface area contributed by atoms with Crippen LogP contribution in [0.1, 0.15) is 30.9 Å². The third-order valence-electron chi connectivity index (χ3n) is 2.39. The molecule has 0 aliphatic rings. The summed E-state index contributed by atoms with van der Waals surface area (Å²) >= 11 is 0. The number of amidine groups is 1. The Morgan fingerprint density at radius 3 is 2.39 bits per heavy atom. The van der Waals surface area contributed by atoms with Gasteiger partial charge in [-0.2, -0.15) is 0 Å². The van der Waals surface area contributed by atoms with Crippen LogP contribution in [0.4, 0.5) is 0 Å². The minimum atomic E-state index is -3.30. The molecular weight excluding hydrogens is 248 g/mol. The highest BCUT2D eigenvalue weighted by molar-refractivity contribution is 7.89. The lowest BCUT2D eigenvalue weighted by Gasteiger charge is -2.09. The molecule has 0 aliphatic heterocycles. The first kappa shape index (κ1) is 14.7. The van der Waals surface area contributed by atoms with Crippen LogP contribution in [0.5, 0.6) is 0 Å². The first-order valence-electron chi connectivity index (χ1n) is 6.01. The van der Waals surface area contributed by atoms with Gasteiger partial charge in [-0.15, -0.1) is 0 Å². The van der Waals surface area contributed by atoms with Crippen LogP contribution in [-0.2, 0) is 10.0 Å². The number of hydrogen-bond acceptors (Lipinski definition) is 3. The lowest BCUT2D eigenvalue weighted by atomic mass is 10.1. The second-order valence-corrected chi connectivity index (χ2v) is 6.07. The van der Waals surface area contributed by atoms with Crippen LogP contribution in [0.25, 0.3) is 0 Å². The average molecular weight is 268 g/mol. The quantitative estimate of drug-likeness (QED) is 0.505. The normalized spacial score (nSPS) is 12.5. The number of rotatable bonds is 5. The molecule has 0 spiro atoms. The van der Waals surface area contributed by atoms with Crippen molar-refractivity contribution < 1.29 is 8.42 Å². The van der Waals surface area contributed by atoms with E-state index < -0.39 is 10.0 Å². The number of nitrogens with zero attached hydrogens (tertiary/aromatic N) is 1. The van der Waals surface area contributed by atoms with E-state index in [1.165, 1.54) is 0 Å². The average Bonchev–Trinajstić information content (AvgIpc) is 2.27. The molecule has 100 valence electrons. The third-order valence-corrected chi connectivity index (χ3v) is 2.95. The molecule has 0 saturated carbocycles. The minimum absolute atomic E-state index is 0.422. The Bertz CT molecular complexity index is 504. The highest BCUT2D eigenvalue weighted by atomic mass is 32.2. The summed E-state index contributed by atoms with van der Waals surface area (Å²) in [6.07, 6.45) is 3.11. The molecule has 0 aromatic heterocycles.